The van der Waals surface area contributed by atoms with Gasteiger partial charge in [-0.25, -0.2) is 4.39 Å². The van der Waals surface area contributed by atoms with Crippen molar-refractivity contribution in [1.29, 1.82) is 0 Å². The first-order valence-corrected chi connectivity index (χ1v) is 8.23. The fourth-order valence-electron chi connectivity index (χ4n) is 2.51. The van der Waals surface area contributed by atoms with Gasteiger partial charge in [0, 0.05) is 13.1 Å². The third kappa shape index (κ3) is 5.88. The summed E-state index contributed by atoms with van der Waals surface area (Å²) in [6.45, 7) is 1.31. The molecule has 0 heterocycles. The standard InChI is InChI=1S/C21H20FNO3.ClH/c1-25-21-11-4-16(12-20(21)24)14-23-13-15-2-7-18(8-3-15)26-19-9-5-17(22)6-10-19;/h2-12,23-24H,13-14H2,1H3;1H. The molecule has 142 valence electrons. The molecule has 0 unspecified atom stereocenters. The van der Waals surface area contributed by atoms with Gasteiger partial charge in [0.05, 0.1) is 7.11 Å². The lowest BCUT2D eigenvalue weighted by Gasteiger charge is -2.09. The van der Waals surface area contributed by atoms with E-state index < -0.39 is 0 Å². The van der Waals surface area contributed by atoms with E-state index in [-0.39, 0.29) is 24.0 Å². The lowest BCUT2D eigenvalue weighted by Crippen LogP contribution is -2.12. The number of rotatable bonds is 7. The van der Waals surface area contributed by atoms with Crippen molar-refractivity contribution in [3.05, 3.63) is 83.7 Å². The average Bonchev–Trinajstić information content (AvgIpc) is 2.65. The second-order valence-electron chi connectivity index (χ2n) is 5.81. The Morgan fingerprint density at radius 2 is 1.41 bits per heavy atom. The predicted octanol–water partition coefficient (Wildman–Crippen LogP) is 5.04. The van der Waals surface area contributed by atoms with E-state index >= 15 is 0 Å². The van der Waals surface area contributed by atoms with Gasteiger partial charge in [-0.1, -0.05) is 18.2 Å². The van der Waals surface area contributed by atoms with Crippen LogP contribution < -0.4 is 14.8 Å². The molecule has 0 saturated carbocycles. The Morgan fingerprint density at radius 3 is 2.00 bits per heavy atom. The zero-order chi connectivity index (χ0) is 18.4. The molecule has 3 rings (SSSR count). The van der Waals surface area contributed by atoms with Gasteiger partial charge in [0.15, 0.2) is 11.5 Å². The summed E-state index contributed by atoms with van der Waals surface area (Å²) in [4.78, 5) is 0. The molecule has 0 amide bonds. The number of halogens is 2. The first-order chi connectivity index (χ1) is 12.6. The Balaban J connectivity index is 0.00000261. The largest absolute Gasteiger partial charge is 0.504 e. The molecule has 0 bridgehead atoms. The molecule has 4 nitrogen and oxygen atoms in total. The maximum atomic E-state index is 12.9. The molecule has 0 atom stereocenters. The van der Waals surface area contributed by atoms with E-state index in [9.17, 15) is 9.50 Å². The second-order valence-corrected chi connectivity index (χ2v) is 5.81. The number of hydrogen-bond acceptors (Lipinski definition) is 4. The fourth-order valence-corrected chi connectivity index (χ4v) is 2.51. The lowest BCUT2D eigenvalue weighted by molar-refractivity contribution is 0.373. The quantitative estimate of drug-likeness (QED) is 0.594. The van der Waals surface area contributed by atoms with Crippen LogP contribution in [0.5, 0.6) is 23.0 Å². The zero-order valence-corrected chi connectivity index (χ0v) is 15.6. The zero-order valence-electron chi connectivity index (χ0n) is 14.8. The van der Waals surface area contributed by atoms with Crippen molar-refractivity contribution in [2.24, 2.45) is 0 Å². The summed E-state index contributed by atoms with van der Waals surface area (Å²) < 4.78 is 23.6. The van der Waals surface area contributed by atoms with Gasteiger partial charge in [-0.05, 0) is 59.7 Å². The number of hydrogen-bond donors (Lipinski definition) is 2. The van der Waals surface area contributed by atoms with Crippen molar-refractivity contribution in [1.82, 2.24) is 5.32 Å². The maximum absolute atomic E-state index is 12.9. The minimum absolute atomic E-state index is 0. The van der Waals surface area contributed by atoms with Gasteiger partial charge in [0.25, 0.3) is 0 Å². The molecule has 0 spiro atoms. The molecule has 3 aromatic carbocycles. The summed E-state index contributed by atoms with van der Waals surface area (Å²) in [5.41, 5.74) is 2.08. The molecule has 0 aliphatic carbocycles. The monoisotopic (exact) mass is 389 g/mol. The highest BCUT2D eigenvalue weighted by molar-refractivity contribution is 5.85. The third-order valence-corrected chi connectivity index (χ3v) is 3.87. The topological polar surface area (TPSA) is 50.7 Å². The van der Waals surface area contributed by atoms with Gasteiger partial charge in [-0.2, -0.15) is 0 Å². The highest BCUT2D eigenvalue weighted by Gasteiger charge is 2.03. The third-order valence-electron chi connectivity index (χ3n) is 3.87. The fraction of sp³-hybridized carbons (Fsp3) is 0.143. The SMILES string of the molecule is COc1ccc(CNCc2ccc(Oc3ccc(F)cc3)cc2)cc1O.Cl. The number of benzene rings is 3. The van der Waals surface area contributed by atoms with Crippen molar-refractivity contribution in [3.63, 3.8) is 0 Å². The second kappa shape index (κ2) is 9.80. The number of methoxy groups -OCH3 is 1. The van der Waals surface area contributed by atoms with Crippen molar-refractivity contribution >= 4 is 12.4 Å². The molecular weight excluding hydrogens is 369 g/mol. The van der Waals surface area contributed by atoms with E-state index in [1.807, 2.05) is 30.3 Å². The molecule has 0 saturated heterocycles. The predicted molar refractivity (Wildman–Crippen MR) is 105 cm³/mol. The lowest BCUT2D eigenvalue weighted by atomic mass is 10.2. The summed E-state index contributed by atoms with van der Waals surface area (Å²) in [5, 5.41) is 13.1. The van der Waals surface area contributed by atoms with Crippen LogP contribution in [0, 0.1) is 5.82 Å². The Kier molecular flexibility index (Phi) is 7.46. The Morgan fingerprint density at radius 1 is 0.852 bits per heavy atom. The van der Waals surface area contributed by atoms with Gasteiger partial charge in [-0.15, -0.1) is 12.4 Å². The summed E-state index contributed by atoms with van der Waals surface area (Å²) in [7, 11) is 1.52. The van der Waals surface area contributed by atoms with Gasteiger partial charge in [0.2, 0.25) is 0 Å². The highest BCUT2D eigenvalue weighted by Crippen LogP contribution is 2.26. The molecule has 3 aromatic rings. The summed E-state index contributed by atoms with van der Waals surface area (Å²) in [6.07, 6.45) is 0. The highest BCUT2D eigenvalue weighted by atomic mass is 35.5. The van der Waals surface area contributed by atoms with Crippen LogP contribution in [0.1, 0.15) is 11.1 Å². The van der Waals surface area contributed by atoms with Crippen molar-refractivity contribution in [2.45, 2.75) is 13.1 Å². The van der Waals surface area contributed by atoms with Crippen LogP contribution in [0.4, 0.5) is 4.39 Å². The number of phenolic OH excluding ortho intramolecular Hbond substituents is 1. The van der Waals surface area contributed by atoms with Crippen molar-refractivity contribution < 1.29 is 19.0 Å². The van der Waals surface area contributed by atoms with Crippen LogP contribution in [0.3, 0.4) is 0 Å². The number of phenols is 1. The molecule has 2 N–H and O–H groups in total. The van der Waals surface area contributed by atoms with Crippen molar-refractivity contribution in [3.8, 4) is 23.0 Å². The van der Waals surface area contributed by atoms with E-state index in [0.717, 1.165) is 11.1 Å². The van der Waals surface area contributed by atoms with Crippen molar-refractivity contribution in [2.75, 3.05) is 7.11 Å². The van der Waals surface area contributed by atoms with Crippen LogP contribution in [0.25, 0.3) is 0 Å². The summed E-state index contributed by atoms with van der Waals surface area (Å²) in [6, 6.07) is 18.9. The van der Waals surface area contributed by atoms with Crippen LogP contribution in [0.15, 0.2) is 66.7 Å². The van der Waals surface area contributed by atoms with E-state index in [4.69, 9.17) is 9.47 Å². The maximum Gasteiger partial charge on any atom is 0.160 e. The van der Waals surface area contributed by atoms with Crippen LogP contribution in [-0.2, 0) is 13.1 Å². The number of nitrogens with one attached hydrogen (secondary N) is 1. The van der Waals surface area contributed by atoms with Gasteiger partial charge in [-0.3, -0.25) is 0 Å². The first kappa shape index (κ1) is 20.6. The Labute approximate surface area is 164 Å². The van der Waals surface area contributed by atoms with E-state index in [2.05, 4.69) is 5.32 Å². The molecule has 0 aliphatic rings. The van der Waals surface area contributed by atoms with Crippen LogP contribution >= 0.6 is 12.4 Å². The summed E-state index contributed by atoms with van der Waals surface area (Å²) in [5.74, 6) is 1.60. The molecule has 0 fully saturated rings. The minimum Gasteiger partial charge on any atom is -0.504 e. The molecule has 6 heteroatoms. The Hall–Kier alpha value is -2.76. The molecule has 0 aromatic heterocycles. The minimum atomic E-state index is -0.288. The smallest absolute Gasteiger partial charge is 0.160 e. The molecule has 0 radical (unpaired) electrons. The number of ether oxygens (including phenoxy) is 2. The normalized spacial score (nSPS) is 10.1. The van der Waals surface area contributed by atoms with E-state index in [1.54, 1.807) is 24.3 Å². The number of aromatic hydroxyl groups is 1. The average molecular weight is 390 g/mol. The van der Waals surface area contributed by atoms with Gasteiger partial charge in [0.1, 0.15) is 17.3 Å². The summed E-state index contributed by atoms with van der Waals surface area (Å²) >= 11 is 0. The van der Waals surface area contributed by atoms with Gasteiger partial charge < -0.3 is 19.9 Å². The van der Waals surface area contributed by atoms with Gasteiger partial charge >= 0.3 is 0 Å². The molecule has 0 aliphatic heterocycles. The van der Waals surface area contributed by atoms with Crippen LogP contribution in [0.2, 0.25) is 0 Å². The van der Waals surface area contributed by atoms with E-state index in [1.165, 1.54) is 19.2 Å². The van der Waals surface area contributed by atoms with Crippen LogP contribution in [-0.4, -0.2) is 12.2 Å². The molecule has 27 heavy (non-hydrogen) atoms. The Bertz CT molecular complexity index is 854. The first-order valence-electron chi connectivity index (χ1n) is 8.23. The van der Waals surface area contributed by atoms with E-state index in [0.29, 0.717) is 30.3 Å². The molecular formula is C21H21ClFNO3.